The Labute approximate surface area is 200 Å². The van der Waals surface area contributed by atoms with Crippen molar-refractivity contribution in [1.29, 1.82) is 0 Å². The summed E-state index contributed by atoms with van der Waals surface area (Å²) in [6.07, 6.45) is 1.66. The number of rotatable bonds is 8. The van der Waals surface area contributed by atoms with E-state index in [1.807, 2.05) is 13.0 Å². The van der Waals surface area contributed by atoms with Crippen LogP contribution < -0.4 is 14.4 Å². The number of hydrogen-bond acceptors (Lipinski definition) is 6. The van der Waals surface area contributed by atoms with E-state index in [0.29, 0.717) is 34.3 Å². The minimum absolute atomic E-state index is 0.208. The minimum atomic E-state index is -0.983. The average Bonchev–Trinajstić information content (AvgIpc) is 3.12. The van der Waals surface area contributed by atoms with E-state index in [2.05, 4.69) is 0 Å². The van der Waals surface area contributed by atoms with Gasteiger partial charge in [-0.1, -0.05) is 36.4 Å². The van der Waals surface area contributed by atoms with Crippen LogP contribution in [0.15, 0.2) is 77.7 Å². The fourth-order valence-corrected chi connectivity index (χ4v) is 4.17. The number of carboxylic acids is 1. The van der Waals surface area contributed by atoms with Gasteiger partial charge in [0.1, 0.15) is 6.61 Å². The molecule has 1 aliphatic heterocycles. The largest absolute Gasteiger partial charge is 0.490 e. The van der Waals surface area contributed by atoms with Crippen LogP contribution in [-0.4, -0.2) is 28.8 Å². The summed E-state index contributed by atoms with van der Waals surface area (Å²) in [5, 5.41) is 8.67. The van der Waals surface area contributed by atoms with Gasteiger partial charge in [-0.15, -0.1) is 0 Å². The first kappa shape index (κ1) is 23.1. The fourth-order valence-electron chi connectivity index (χ4n) is 3.33. The first-order chi connectivity index (χ1) is 16.5. The molecule has 34 heavy (non-hydrogen) atoms. The predicted molar refractivity (Wildman–Crippen MR) is 130 cm³/mol. The van der Waals surface area contributed by atoms with Gasteiger partial charge in [0.15, 0.2) is 11.5 Å². The third-order valence-electron chi connectivity index (χ3n) is 4.97. The van der Waals surface area contributed by atoms with Crippen LogP contribution >= 0.6 is 11.8 Å². The van der Waals surface area contributed by atoms with E-state index in [1.54, 1.807) is 60.7 Å². The number of aromatic carboxylic acids is 1. The average molecular weight is 476 g/mol. The Kier molecular flexibility index (Phi) is 6.98. The molecule has 0 aliphatic carbocycles. The van der Waals surface area contributed by atoms with E-state index in [4.69, 9.17) is 14.6 Å². The van der Waals surface area contributed by atoms with Gasteiger partial charge in [0.05, 0.1) is 22.8 Å². The first-order valence-corrected chi connectivity index (χ1v) is 11.3. The molecule has 0 aromatic heterocycles. The topological polar surface area (TPSA) is 93.1 Å². The maximum Gasteiger partial charge on any atom is 0.335 e. The summed E-state index contributed by atoms with van der Waals surface area (Å²) in [5.41, 5.74) is 2.25. The molecule has 1 aliphatic rings. The summed E-state index contributed by atoms with van der Waals surface area (Å²) >= 11 is 0.890. The summed E-state index contributed by atoms with van der Waals surface area (Å²) in [6, 6.07) is 20.5. The number of amides is 2. The zero-order valence-electron chi connectivity index (χ0n) is 18.3. The Morgan fingerprint density at radius 3 is 2.38 bits per heavy atom. The second-order valence-electron chi connectivity index (χ2n) is 7.28. The Morgan fingerprint density at radius 2 is 1.71 bits per heavy atom. The van der Waals surface area contributed by atoms with E-state index in [1.165, 1.54) is 12.1 Å². The number of carboxylic acid groups (broad SMARTS) is 1. The van der Waals surface area contributed by atoms with Crippen molar-refractivity contribution in [3.8, 4) is 11.5 Å². The Morgan fingerprint density at radius 1 is 0.971 bits per heavy atom. The van der Waals surface area contributed by atoms with E-state index < -0.39 is 5.97 Å². The van der Waals surface area contributed by atoms with Crippen molar-refractivity contribution in [3.05, 3.63) is 94.4 Å². The van der Waals surface area contributed by atoms with Crippen molar-refractivity contribution in [1.82, 2.24) is 0 Å². The van der Waals surface area contributed by atoms with Crippen LogP contribution in [0.4, 0.5) is 10.5 Å². The highest BCUT2D eigenvalue weighted by molar-refractivity contribution is 8.19. The summed E-state index contributed by atoms with van der Waals surface area (Å²) in [4.78, 5) is 37.8. The maximum absolute atomic E-state index is 12.8. The lowest BCUT2D eigenvalue weighted by Gasteiger charge is -2.13. The predicted octanol–water partition coefficient (Wildman–Crippen LogP) is 5.60. The molecule has 0 bridgehead atoms. The lowest BCUT2D eigenvalue weighted by molar-refractivity contribution is -0.113. The molecule has 1 N–H and O–H groups in total. The number of carbonyl (C=O) groups is 3. The van der Waals surface area contributed by atoms with E-state index in [0.717, 1.165) is 22.2 Å². The molecule has 4 rings (SSSR count). The molecule has 0 saturated carbocycles. The van der Waals surface area contributed by atoms with E-state index in [9.17, 15) is 14.4 Å². The number of para-hydroxylation sites is 1. The first-order valence-electron chi connectivity index (χ1n) is 10.5. The van der Waals surface area contributed by atoms with E-state index in [-0.39, 0.29) is 23.3 Å². The number of benzene rings is 3. The lowest BCUT2D eigenvalue weighted by Crippen LogP contribution is -2.27. The van der Waals surface area contributed by atoms with Gasteiger partial charge in [-0.2, -0.15) is 0 Å². The summed E-state index contributed by atoms with van der Waals surface area (Å²) in [5.74, 6) is -0.341. The van der Waals surface area contributed by atoms with Crippen molar-refractivity contribution < 1.29 is 29.0 Å². The molecule has 3 aromatic rings. The van der Waals surface area contributed by atoms with Crippen molar-refractivity contribution in [2.45, 2.75) is 13.5 Å². The number of anilines is 1. The van der Waals surface area contributed by atoms with Gasteiger partial charge in [0.25, 0.3) is 11.1 Å². The highest BCUT2D eigenvalue weighted by Crippen LogP contribution is 2.37. The number of thioether (sulfide) groups is 1. The molecular formula is C26H21NO6S. The summed E-state index contributed by atoms with van der Waals surface area (Å²) in [6.45, 7) is 2.50. The zero-order valence-corrected chi connectivity index (χ0v) is 19.1. The molecule has 0 unspecified atom stereocenters. The molecule has 8 heteroatoms. The number of imide groups is 1. The molecule has 3 aromatic carbocycles. The number of carbonyl (C=O) groups excluding carboxylic acids is 2. The van der Waals surface area contributed by atoms with Crippen LogP contribution in [0.25, 0.3) is 6.08 Å². The Bertz CT molecular complexity index is 1250. The second-order valence-corrected chi connectivity index (χ2v) is 8.28. The van der Waals surface area contributed by atoms with Gasteiger partial charge in [-0.25, -0.2) is 9.69 Å². The van der Waals surface area contributed by atoms with Gasteiger partial charge in [-0.3, -0.25) is 9.59 Å². The lowest BCUT2D eigenvalue weighted by atomic mass is 10.1. The number of nitrogens with zero attached hydrogens (tertiary/aromatic N) is 1. The second kappa shape index (κ2) is 10.3. The van der Waals surface area contributed by atoms with Crippen LogP contribution in [0, 0.1) is 0 Å². The van der Waals surface area contributed by atoms with Gasteiger partial charge in [0, 0.05) is 0 Å². The van der Waals surface area contributed by atoms with Crippen LogP contribution in [0.2, 0.25) is 0 Å². The molecule has 0 spiro atoms. The highest BCUT2D eigenvalue weighted by atomic mass is 32.2. The number of ether oxygens (including phenoxy) is 2. The molecule has 172 valence electrons. The van der Waals surface area contributed by atoms with Gasteiger partial charge >= 0.3 is 5.97 Å². The Hall–Kier alpha value is -4.04. The quantitative estimate of drug-likeness (QED) is 0.424. The Balaban J connectivity index is 1.52. The monoisotopic (exact) mass is 475 g/mol. The molecule has 1 fully saturated rings. The van der Waals surface area contributed by atoms with Crippen molar-refractivity contribution >= 4 is 40.6 Å². The van der Waals surface area contributed by atoms with Crippen LogP contribution in [-0.2, 0) is 11.4 Å². The molecular weight excluding hydrogens is 454 g/mol. The van der Waals surface area contributed by atoms with E-state index >= 15 is 0 Å². The van der Waals surface area contributed by atoms with Crippen molar-refractivity contribution in [3.63, 3.8) is 0 Å². The highest BCUT2D eigenvalue weighted by Gasteiger charge is 2.36. The smallest absolute Gasteiger partial charge is 0.335 e. The van der Waals surface area contributed by atoms with Crippen LogP contribution in [0.3, 0.4) is 0 Å². The zero-order chi connectivity index (χ0) is 24.1. The molecule has 0 radical (unpaired) electrons. The normalized spacial score (nSPS) is 14.5. The minimum Gasteiger partial charge on any atom is -0.490 e. The van der Waals surface area contributed by atoms with Gasteiger partial charge in [-0.05, 0) is 72.3 Å². The third-order valence-corrected chi connectivity index (χ3v) is 5.84. The summed E-state index contributed by atoms with van der Waals surface area (Å²) in [7, 11) is 0. The molecule has 2 amide bonds. The van der Waals surface area contributed by atoms with Crippen LogP contribution in [0.1, 0.15) is 28.4 Å². The molecule has 1 heterocycles. The van der Waals surface area contributed by atoms with Crippen molar-refractivity contribution in [2.75, 3.05) is 11.5 Å². The number of hydrogen-bond donors (Lipinski definition) is 1. The van der Waals surface area contributed by atoms with Crippen molar-refractivity contribution in [2.24, 2.45) is 0 Å². The van der Waals surface area contributed by atoms with Gasteiger partial charge in [0.2, 0.25) is 0 Å². The summed E-state index contributed by atoms with van der Waals surface area (Å²) < 4.78 is 11.6. The van der Waals surface area contributed by atoms with Gasteiger partial charge < -0.3 is 14.6 Å². The third kappa shape index (κ3) is 5.13. The molecule has 1 saturated heterocycles. The maximum atomic E-state index is 12.8. The molecule has 0 atom stereocenters. The fraction of sp³-hybridized carbons (Fsp3) is 0.115. The molecule has 7 nitrogen and oxygen atoms in total. The SMILES string of the molecule is CCOc1cc(/C=C2/SC(=O)N(c3ccccc3)C2=O)ccc1OCc1ccc(C(=O)O)cc1. The standard InChI is InChI=1S/C26H21NO6S/c1-2-32-22-14-18(10-13-21(22)33-16-17-8-11-19(12-9-17)25(29)30)15-23-24(28)27(26(31)34-23)20-6-4-3-5-7-20/h3-15H,2,16H2,1H3,(H,29,30)/b23-15+. The van der Waals surface area contributed by atoms with Crippen LogP contribution in [0.5, 0.6) is 11.5 Å².